The molecule has 0 saturated carbocycles. The summed E-state index contributed by atoms with van der Waals surface area (Å²) in [6.45, 7) is 3.79. The normalized spacial score (nSPS) is 21.0. The molecule has 8 heteroatoms. The zero-order chi connectivity index (χ0) is 20.8. The first-order valence-electron chi connectivity index (χ1n) is 9.47. The van der Waals surface area contributed by atoms with E-state index < -0.39 is 11.8 Å². The van der Waals surface area contributed by atoms with Gasteiger partial charge in [0, 0.05) is 43.0 Å². The highest BCUT2D eigenvalue weighted by molar-refractivity contribution is 5.82. The molecule has 1 saturated heterocycles. The monoisotopic (exact) mass is 406 g/mol. The van der Waals surface area contributed by atoms with Crippen LogP contribution in [0, 0.1) is 0 Å². The number of carbonyl (C=O) groups is 1. The first-order valence-corrected chi connectivity index (χ1v) is 9.47. The third kappa shape index (κ3) is 3.02. The largest absolute Gasteiger partial charge is 0.450 e. The fourth-order valence-electron chi connectivity index (χ4n) is 4.11. The van der Waals surface area contributed by atoms with Gasteiger partial charge >= 0.3 is 12.3 Å². The van der Waals surface area contributed by atoms with Crippen LogP contribution in [0.25, 0.3) is 11.1 Å². The lowest BCUT2D eigenvalue weighted by Crippen LogP contribution is -2.49. The number of aliphatic hydroxyl groups is 1. The van der Waals surface area contributed by atoms with Crippen LogP contribution in [-0.4, -0.2) is 55.1 Å². The Morgan fingerprint density at radius 3 is 2.38 bits per heavy atom. The number of carbonyl (C=O) groups excluding carboxylic acids is 1. The lowest BCUT2D eigenvalue weighted by molar-refractivity contribution is -0.246. The van der Waals surface area contributed by atoms with Gasteiger partial charge in [0.1, 0.15) is 0 Å². The van der Waals surface area contributed by atoms with Crippen molar-refractivity contribution < 1.29 is 27.8 Å². The number of nitrogens with zero attached hydrogens (tertiary/aromatic N) is 2. The van der Waals surface area contributed by atoms with E-state index in [9.17, 15) is 23.1 Å². The Hall–Kier alpha value is -2.74. The lowest BCUT2D eigenvalue weighted by Gasteiger charge is -2.36. The molecule has 5 nitrogen and oxygen atoms in total. The van der Waals surface area contributed by atoms with Crippen molar-refractivity contribution in [2.24, 2.45) is 0 Å². The third-order valence-corrected chi connectivity index (χ3v) is 5.58. The molecule has 154 valence electrons. The Kier molecular flexibility index (Phi) is 4.69. The minimum absolute atomic E-state index is 0.146. The van der Waals surface area contributed by atoms with Crippen LogP contribution in [-0.2, 0) is 10.3 Å². The predicted molar refractivity (Wildman–Crippen MR) is 102 cm³/mol. The van der Waals surface area contributed by atoms with Gasteiger partial charge in [-0.1, -0.05) is 30.3 Å². The fourth-order valence-corrected chi connectivity index (χ4v) is 4.11. The van der Waals surface area contributed by atoms with E-state index in [0.717, 1.165) is 0 Å². The van der Waals surface area contributed by atoms with Gasteiger partial charge in [-0.25, -0.2) is 4.79 Å². The maximum atomic E-state index is 14.0. The van der Waals surface area contributed by atoms with Gasteiger partial charge in [0.25, 0.3) is 0 Å². The summed E-state index contributed by atoms with van der Waals surface area (Å²) in [5.41, 5.74) is -1.98. The molecule has 1 aliphatic carbocycles. The summed E-state index contributed by atoms with van der Waals surface area (Å²) in [7, 11) is 0. The highest BCUT2D eigenvalue weighted by Crippen LogP contribution is 2.55. The van der Waals surface area contributed by atoms with Crippen LogP contribution in [0.4, 0.5) is 23.7 Å². The van der Waals surface area contributed by atoms with Crippen molar-refractivity contribution in [1.29, 1.82) is 0 Å². The van der Waals surface area contributed by atoms with Gasteiger partial charge in [-0.2, -0.15) is 13.2 Å². The SMILES string of the molecule is CCOC(=O)N1CCN(c2ccc3c(c2)C(O)(C(F)(F)F)c2ccccc2-3)CC1. The number of benzene rings is 2. The molecule has 0 aromatic heterocycles. The zero-order valence-electron chi connectivity index (χ0n) is 15.9. The molecule has 1 atom stereocenters. The second-order valence-corrected chi connectivity index (χ2v) is 7.16. The van der Waals surface area contributed by atoms with Gasteiger partial charge < -0.3 is 19.6 Å². The van der Waals surface area contributed by atoms with Crippen LogP contribution in [0.15, 0.2) is 42.5 Å². The Bertz CT molecular complexity index is 939. The Labute approximate surface area is 166 Å². The number of hydrogen-bond donors (Lipinski definition) is 1. The van der Waals surface area contributed by atoms with E-state index in [4.69, 9.17) is 4.74 Å². The number of rotatable bonds is 2. The van der Waals surface area contributed by atoms with Gasteiger partial charge in [0.2, 0.25) is 5.60 Å². The molecule has 0 bridgehead atoms. The van der Waals surface area contributed by atoms with E-state index in [2.05, 4.69) is 0 Å². The summed E-state index contributed by atoms with van der Waals surface area (Å²) in [6.07, 6.45) is -5.24. The van der Waals surface area contributed by atoms with Crippen molar-refractivity contribution in [3.05, 3.63) is 53.6 Å². The maximum Gasteiger partial charge on any atom is 0.425 e. The zero-order valence-corrected chi connectivity index (χ0v) is 15.9. The van der Waals surface area contributed by atoms with Crippen molar-refractivity contribution in [1.82, 2.24) is 4.90 Å². The van der Waals surface area contributed by atoms with Crippen LogP contribution in [0.1, 0.15) is 18.1 Å². The van der Waals surface area contributed by atoms with E-state index in [1.807, 2.05) is 4.90 Å². The van der Waals surface area contributed by atoms with Crippen molar-refractivity contribution >= 4 is 11.8 Å². The molecule has 1 fully saturated rings. The summed E-state index contributed by atoms with van der Waals surface area (Å²) in [5, 5.41) is 10.8. The van der Waals surface area contributed by atoms with Crippen LogP contribution in [0.5, 0.6) is 0 Å². The third-order valence-electron chi connectivity index (χ3n) is 5.58. The molecule has 2 aliphatic rings. The van der Waals surface area contributed by atoms with Crippen LogP contribution >= 0.6 is 0 Å². The molecule has 2 aromatic rings. The second-order valence-electron chi connectivity index (χ2n) is 7.16. The molecule has 29 heavy (non-hydrogen) atoms. The summed E-state index contributed by atoms with van der Waals surface area (Å²) < 4.78 is 46.9. The lowest BCUT2D eigenvalue weighted by atomic mass is 9.90. The number of alkyl halides is 3. The predicted octanol–water partition coefficient (Wildman–Crippen LogP) is 3.74. The number of ether oxygens (including phenoxy) is 1. The maximum absolute atomic E-state index is 14.0. The molecular weight excluding hydrogens is 385 g/mol. The van der Waals surface area contributed by atoms with Crippen molar-refractivity contribution in [2.75, 3.05) is 37.7 Å². The first kappa shape index (κ1) is 19.6. The quantitative estimate of drug-likeness (QED) is 0.826. The molecule has 0 spiro atoms. The molecule has 1 amide bonds. The molecule has 4 rings (SSSR count). The Balaban J connectivity index is 1.66. The average molecular weight is 406 g/mol. The first-order chi connectivity index (χ1) is 13.8. The molecule has 0 radical (unpaired) electrons. The smallest absolute Gasteiger partial charge is 0.425 e. The molecule has 1 N–H and O–H groups in total. The molecule has 1 aliphatic heterocycles. The van der Waals surface area contributed by atoms with Crippen molar-refractivity contribution in [3.63, 3.8) is 0 Å². The summed E-state index contributed by atoms with van der Waals surface area (Å²) in [6, 6.07) is 10.9. The standard InChI is InChI=1S/C21H21F3N2O3/c1-2-29-19(27)26-11-9-25(10-12-26)14-7-8-16-15-5-3-4-6-17(15)20(28,18(16)13-14)21(22,23)24/h3-8,13,28H,2,9-12H2,1H3. The van der Waals surface area contributed by atoms with Crippen molar-refractivity contribution in [2.45, 2.75) is 18.7 Å². The highest BCUT2D eigenvalue weighted by Gasteiger charge is 2.60. The van der Waals surface area contributed by atoms with E-state index in [-0.39, 0.29) is 17.2 Å². The Morgan fingerprint density at radius 2 is 1.72 bits per heavy atom. The van der Waals surface area contributed by atoms with E-state index in [1.165, 1.54) is 18.2 Å². The molecule has 1 heterocycles. The minimum Gasteiger partial charge on any atom is -0.450 e. The highest BCUT2D eigenvalue weighted by atomic mass is 19.4. The number of anilines is 1. The fraction of sp³-hybridized carbons (Fsp3) is 0.381. The Morgan fingerprint density at radius 1 is 1.07 bits per heavy atom. The van der Waals surface area contributed by atoms with Crippen LogP contribution in [0.2, 0.25) is 0 Å². The summed E-state index contributed by atoms with van der Waals surface area (Å²) in [5.74, 6) is 0. The number of amides is 1. The number of hydrogen-bond acceptors (Lipinski definition) is 4. The van der Waals surface area contributed by atoms with Gasteiger partial charge in [-0.3, -0.25) is 0 Å². The van der Waals surface area contributed by atoms with Gasteiger partial charge in [-0.15, -0.1) is 0 Å². The summed E-state index contributed by atoms with van der Waals surface area (Å²) >= 11 is 0. The average Bonchev–Trinajstić information content (AvgIpc) is 2.98. The van der Waals surface area contributed by atoms with E-state index in [1.54, 1.807) is 36.1 Å². The second kappa shape index (κ2) is 6.95. The van der Waals surface area contributed by atoms with Crippen LogP contribution in [0.3, 0.4) is 0 Å². The topological polar surface area (TPSA) is 53.0 Å². The molecular formula is C21H21F3N2O3. The van der Waals surface area contributed by atoms with E-state index in [0.29, 0.717) is 49.6 Å². The number of piperazine rings is 1. The van der Waals surface area contributed by atoms with Crippen LogP contribution < -0.4 is 4.90 Å². The minimum atomic E-state index is -4.85. The summed E-state index contributed by atoms with van der Waals surface area (Å²) in [4.78, 5) is 15.3. The number of halogens is 3. The number of fused-ring (bicyclic) bond motifs is 3. The van der Waals surface area contributed by atoms with Gasteiger partial charge in [0.05, 0.1) is 6.61 Å². The van der Waals surface area contributed by atoms with Gasteiger partial charge in [0.15, 0.2) is 0 Å². The van der Waals surface area contributed by atoms with Gasteiger partial charge in [-0.05, 0) is 30.2 Å². The van der Waals surface area contributed by atoms with E-state index >= 15 is 0 Å². The molecule has 1 unspecified atom stereocenters. The molecule has 2 aromatic carbocycles. The van der Waals surface area contributed by atoms with Crippen molar-refractivity contribution in [3.8, 4) is 11.1 Å².